The fourth-order valence-corrected chi connectivity index (χ4v) is 3.50. The Morgan fingerprint density at radius 3 is 1.91 bits per heavy atom. The number of nitro benzene ring substituents is 3. The first kappa shape index (κ1) is 22.8. The van der Waals surface area contributed by atoms with E-state index in [9.17, 15) is 35.1 Å². The minimum atomic E-state index is -0.951. The van der Waals surface area contributed by atoms with Crippen LogP contribution < -0.4 is 10.6 Å². The van der Waals surface area contributed by atoms with Gasteiger partial charge in [0.1, 0.15) is 0 Å². The molecule has 0 saturated carbocycles. The molecular weight excluding hydrogens is 458 g/mol. The molecule has 35 heavy (non-hydrogen) atoms. The third-order valence-corrected chi connectivity index (χ3v) is 5.14. The molecule has 1 amide bonds. The predicted octanol–water partition coefficient (Wildman–Crippen LogP) is 5.56. The number of anilines is 3. The molecule has 0 fully saturated rings. The number of fused-ring (bicyclic) bond motifs is 1. The normalized spacial score (nSPS) is 10.5. The molecule has 0 aliphatic rings. The van der Waals surface area contributed by atoms with Crippen molar-refractivity contribution in [3.63, 3.8) is 0 Å². The number of amides is 1. The summed E-state index contributed by atoms with van der Waals surface area (Å²) in [5.74, 6) is -0.403. The Bertz CT molecular complexity index is 1460. The lowest BCUT2D eigenvalue weighted by molar-refractivity contribution is -0.401. The molecule has 12 nitrogen and oxygen atoms in total. The van der Waals surface area contributed by atoms with Crippen LogP contribution in [0.3, 0.4) is 0 Å². The highest BCUT2D eigenvalue weighted by atomic mass is 16.6. The Kier molecular flexibility index (Phi) is 6.01. The van der Waals surface area contributed by atoms with E-state index in [1.807, 2.05) is 36.4 Å². The van der Waals surface area contributed by atoms with E-state index in [-0.39, 0.29) is 11.3 Å². The monoisotopic (exact) mass is 473 g/mol. The number of benzene rings is 4. The highest BCUT2D eigenvalue weighted by molar-refractivity contribution is 6.09. The van der Waals surface area contributed by atoms with Gasteiger partial charge in [-0.15, -0.1) is 0 Å². The van der Waals surface area contributed by atoms with Gasteiger partial charge in [-0.25, -0.2) is 0 Å². The van der Waals surface area contributed by atoms with Gasteiger partial charge in [-0.2, -0.15) is 0 Å². The first-order chi connectivity index (χ1) is 16.7. The van der Waals surface area contributed by atoms with Gasteiger partial charge in [0.05, 0.1) is 26.9 Å². The van der Waals surface area contributed by atoms with E-state index >= 15 is 0 Å². The maximum Gasteiger partial charge on any atom is 0.306 e. The van der Waals surface area contributed by atoms with Crippen molar-refractivity contribution in [1.29, 1.82) is 0 Å². The van der Waals surface area contributed by atoms with Crippen LogP contribution in [-0.4, -0.2) is 20.7 Å². The van der Waals surface area contributed by atoms with Crippen LogP contribution in [0.15, 0.2) is 78.9 Å². The number of hydrogen-bond donors (Lipinski definition) is 2. The van der Waals surface area contributed by atoms with Crippen LogP contribution in [0.4, 0.5) is 34.1 Å². The van der Waals surface area contributed by atoms with Crippen molar-refractivity contribution in [2.75, 3.05) is 10.6 Å². The highest BCUT2D eigenvalue weighted by Gasteiger charge is 2.30. The Balaban J connectivity index is 1.61. The third kappa shape index (κ3) is 4.71. The van der Waals surface area contributed by atoms with Crippen LogP contribution in [0.1, 0.15) is 10.4 Å². The maximum atomic E-state index is 12.7. The lowest BCUT2D eigenvalue weighted by Crippen LogP contribution is -2.12. The van der Waals surface area contributed by atoms with Gasteiger partial charge in [-0.3, -0.25) is 35.1 Å². The SMILES string of the molecule is O=C(Nc1cccc2ccccc12)c1ccc(Nc2c([N+](=O)[O-])cc([N+](=O)[O-])cc2[N+](=O)[O-])cc1. The molecule has 0 radical (unpaired) electrons. The van der Waals surface area contributed by atoms with Gasteiger partial charge in [0.25, 0.3) is 11.6 Å². The fourth-order valence-electron chi connectivity index (χ4n) is 3.50. The Morgan fingerprint density at radius 2 is 1.31 bits per heavy atom. The van der Waals surface area contributed by atoms with E-state index in [1.54, 1.807) is 6.07 Å². The summed E-state index contributed by atoms with van der Waals surface area (Å²) < 4.78 is 0. The lowest BCUT2D eigenvalue weighted by Gasteiger charge is -2.10. The molecule has 0 bridgehead atoms. The van der Waals surface area contributed by atoms with Gasteiger partial charge in [0.15, 0.2) is 5.69 Å². The van der Waals surface area contributed by atoms with E-state index < -0.39 is 43.4 Å². The van der Waals surface area contributed by atoms with Crippen LogP contribution >= 0.6 is 0 Å². The first-order valence-electron chi connectivity index (χ1n) is 10.0. The standard InChI is InChI=1S/C23H15N5O7/c29-23(25-19-7-3-5-14-4-1-2-6-18(14)19)15-8-10-16(11-9-15)24-22-20(27(32)33)12-17(26(30)31)13-21(22)28(34)35/h1-13,24H,(H,25,29). The third-order valence-electron chi connectivity index (χ3n) is 5.14. The summed E-state index contributed by atoms with van der Waals surface area (Å²) in [5.41, 5.74) is -1.87. The van der Waals surface area contributed by atoms with Crippen molar-refractivity contribution in [2.45, 2.75) is 0 Å². The quantitative estimate of drug-likeness (QED) is 0.259. The molecule has 12 heteroatoms. The van der Waals surface area contributed by atoms with Crippen LogP contribution in [0.2, 0.25) is 0 Å². The summed E-state index contributed by atoms with van der Waals surface area (Å²) in [4.78, 5) is 43.8. The van der Waals surface area contributed by atoms with Crippen molar-refractivity contribution in [2.24, 2.45) is 0 Å². The maximum absolute atomic E-state index is 12.7. The number of hydrogen-bond acceptors (Lipinski definition) is 8. The molecule has 0 aromatic heterocycles. The molecule has 174 valence electrons. The highest BCUT2D eigenvalue weighted by Crippen LogP contribution is 2.40. The van der Waals surface area contributed by atoms with Crippen LogP contribution in [0.5, 0.6) is 0 Å². The van der Waals surface area contributed by atoms with Crippen molar-refractivity contribution in [3.8, 4) is 0 Å². The minimum Gasteiger partial charge on any atom is -0.344 e. The molecule has 4 aromatic rings. The average molecular weight is 473 g/mol. The van der Waals surface area contributed by atoms with Crippen molar-refractivity contribution < 1.29 is 19.6 Å². The number of nitrogens with one attached hydrogen (secondary N) is 2. The van der Waals surface area contributed by atoms with Gasteiger partial charge >= 0.3 is 11.4 Å². The minimum absolute atomic E-state index is 0.201. The van der Waals surface area contributed by atoms with Gasteiger partial charge < -0.3 is 10.6 Å². The zero-order valence-corrected chi connectivity index (χ0v) is 17.7. The molecule has 0 aliphatic carbocycles. The number of nitro groups is 3. The van der Waals surface area contributed by atoms with Crippen molar-refractivity contribution in [1.82, 2.24) is 0 Å². The Labute approximate surface area is 196 Å². The summed E-state index contributed by atoms with van der Waals surface area (Å²) in [6.07, 6.45) is 0. The van der Waals surface area contributed by atoms with Gasteiger partial charge in [0, 0.05) is 22.3 Å². The van der Waals surface area contributed by atoms with Gasteiger partial charge in [-0.05, 0) is 35.7 Å². The molecule has 0 spiro atoms. The van der Waals surface area contributed by atoms with Crippen molar-refractivity contribution >= 4 is 50.8 Å². The Hall–Kier alpha value is -5.39. The molecule has 0 heterocycles. The molecule has 0 atom stereocenters. The van der Waals surface area contributed by atoms with E-state index in [0.717, 1.165) is 10.8 Å². The summed E-state index contributed by atoms with van der Waals surface area (Å²) in [6.45, 7) is 0. The van der Waals surface area contributed by atoms with E-state index in [4.69, 9.17) is 0 Å². The number of non-ortho nitro benzene ring substituents is 1. The van der Waals surface area contributed by atoms with Crippen LogP contribution in [0, 0.1) is 30.3 Å². The van der Waals surface area contributed by atoms with Gasteiger partial charge in [-0.1, -0.05) is 36.4 Å². The molecule has 0 unspecified atom stereocenters. The van der Waals surface area contributed by atoms with Crippen LogP contribution in [-0.2, 0) is 0 Å². The summed E-state index contributed by atoms with van der Waals surface area (Å²) in [5, 5.41) is 41.1. The number of nitrogens with zero attached hydrogens (tertiary/aromatic N) is 3. The predicted molar refractivity (Wildman–Crippen MR) is 128 cm³/mol. The first-order valence-corrected chi connectivity index (χ1v) is 10.0. The Morgan fingerprint density at radius 1 is 0.714 bits per heavy atom. The molecule has 4 aromatic carbocycles. The average Bonchev–Trinajstić information content (AvgIpc) is 2.84. The largest absolute Gasteiger partial charge is 0.344 e. The summed E-state index contributed by atoms with van der Waals surface area (Å²) in [7, 11) is 0. The fraction of sp³-hybridized carbons (Fsp3) is 0. The smallest absolute Gasteiger partial charge is 0.306 e. The molecule has 0 aliphatic heterocycles. The molecular formula is C23H15N5O7. The van der Waals surface area contributed by atoms with E-state index in [2.05, 4.69) is 10.6 Å². The van der Waals surface area contributed by atoms with Gasteiger partial charge in [0.2, 0.25) is 0 Å². The molecule has 0 saturated heterocycles. The van der Waals surface area contributed by atoms with Crippen molar-refractivity contribution in [3.05, 3.63) is 115 Å². The second-order valence-electron chi connectivity index (χ2n) is 7.31. The number of carbonyl (C=O) groups is 1. The lowest BCUT2D eigenvalue weighted by atomic mass is 10.1. The van der Waals surface area contributed by atoms with E-state index in [0.29, 0.717) is 17.8 Å². The second-order valence-corrected chi connectivity index (χ2v) is 7.31. The zero-order valence-electron chi connectivity index (χ0n) is 17.7. The summed E-state index contributed by atoms with van der Waals surface area (Å²) in [6, 6.07) is 20.0. The summed E-state index contributed by atoms with van der Waals surface area (Å²) >= 11 is 0. The zero-order chi connectivity index (χ0) is 25.1. The van der Waals surface area contributed by atoms with Crippen LogP contribution in [0.25, 0.3) is 10.8 Å². The topological polar surface area (TPSA) is 171 Å². The molecule has 2 N–H and O–H groups in total. The second kappa shape index (κ2) is 9.23. The molecule has 4 rings (SSSR count). The van der Waals surface area contributed by atoms with E-state index in [1.165, 1.54) is 24.3 Å². The number of rotatable bonds is 7. The number of carbonyl (C=O) groups excluding carboxylic acids is 1.